The SMILES string of the molecule is CC#Cc1cc(C(F)(F)F)ncc1-c1cccc(C(=O)N(C)c2ccccc2OCCCC(=O)O)c1Cl. The highest BCUT2D eigenvalue weighted by molar-refractivity contribution is 6.37. The average Bonchev–Trinajstić information content (AvgIpc) is 2.86. The number of ether oxygens (including phenoxy) is 1. The quantitative estimate of drug-likeness (QED) is 0.272. The predicted molar refractivity (Wildman–Crippen MR) is 134 cm³/mol. The standard InChI is InChI=1S/C27H22ClF3N2O4/c1-3-8-17-15-23(27(29,30)31)32-16-20(17)18-9-6-10-19(25(18)28)26(36)33(2)21-11-4-5-12-22(21)37-14-7-13-24(34)35/h4-6,9-12,15-16H,7,13-14H2,1-2H3,(H,34,35). The van der Waals surface area contributed by atoms with Crippen molar-refractivity contribution < 1.29 is 32.6 Å². The van der Waals surface area contributed by atoms with E-state index in [0.29, 0.717) is 23.4 Å². The molecule has 6 nitrogen and oxygen atoms in total. The van der Waals surface area contributed by atoms with Gasteiger partial charge in [-0.05, 0) is 37.6 Å². The van der Waals surface area contributed by atoms with Crippen LogP contribution in [0, 0.1) is 11.8 Å². The van der Waals surface area contributed by atoms with E-state index in [1.807, 2.05) is 0 Å². The van der Waals surface area contributed by atoms with Crippen molar-refractivity contribution in [1.29, 1.82) is 0 Å². The minimum absolute atomic E-state index is 0.0277. The Morgan fingerprint density at radius 1 is 1.14 bits per heavy atom. The number of benzene rings is 2. The third kappa shape index (κ3) is 6.60. The smallest absolute Gasteiger partial charge is 0.433 e. The molecule has 0 radical (unpaired) electrons. The molecular formula is C27H22ClF3N2O4. The average molecular weight is 531 g/mol. The van der Waals surface area contributed by atoms with Gasteiger partial charge >= 0.3 is 12.1 Å². The molecule has 3 rings (SSSR count). The maximum absolute atomic E-state index is 13.4. The zero-order chi connectivity index (χ0) is 27.2. The summed E-state index contributed by atoms with van der Waals surface area (Å²) in [6.07, 6.45) is -3.36. The van der Waals surface area contributed by atoms with Gasteiger partial charge in [0.15, 0.2) is 0 Å². The first kappa shape index (κ1) is 27.6. The van der Waals surface area contributed by atoms with Crippen molar-refractivity contribution >= 4 is 29.2 Å². The van der Waals surface area contributed by atoms with Crippen LogP contribution in [0.25, 0.3) is 11.1 Å². The van der Waals surface area contributed by atoms with Crippen molar-refractivity contribution in [2.45, 2.75) is 25.9 Å². The molecule has 0 unspecified atom stereocenters. The number of alkyl halides is 3. The van der Waals surface area contributed by atoms with Gasteiger partial charge in [0.05, 0.1) is 22.9 Å². The Bertz CT molecular complexity index is 1380. The molecule has 0 spiro atoms. The van der Waals surface area contributed by atoms with E-state index in [4.69, 9.17) is 21.4 Å². The van der Waals surface area contributed by atoms with Gasteiger partial charge in [-0.3, -0.25) is 14.6 Å². The number of para-hydroxylation sites is 2. The van der Waals surface area contributed by atoms with Crippen LogP contribution >= 0.6 is 11.6 Å². The molecule has 37 heavy (non-hydrogen) atoms. The van der Waals surface area contributed by atoms with E-state index in [9.17, 15) is 22.8 Å². The highest BCUT2D eigenvalue weighted by Crippen LogP contribution is 2.37. The van der Waals surface area contributed by atoms with Gasteiger partial charge in [-0.2, -0.15) is 13.2 Å². The number of hydrogen-bond acceptors (Lipinski definition) is 4. The summed E-state index contributed by atoms with van der Waals surface area (Å²) in [5.41, 5.74) is 0.0856. The first-order valence-corrected chi connectivity index (χ1v) is 11.4. The number of rotatable bonds is 8. The minimum atomic E-state index is -4.64. The van der Waals surface area contributed by atoms with E-state index in [0.717, 1.165) is 12.3 Å². The number of carboxylic acids is 1. The summed E-state index contributed by atoms with van der Waals surface area (Å²) in [6.45, 7) is 1.64. The van der Waals surface area contributed by atoms with Crippen LogP contribution in [0.1, 0.15) is 41.4 Å². The molecule has 1 N–H and O–H groups in total. The fourth-order valence-electron chi connectivity index (χ4n) is 3.52. The molecule has 0 fully saturated rings. The molecule has 2 aromatic carbocycles. The van der Waals surface area contributed by atoms with Gasteiger partial charge < -0.3 is 14.7 Å². The number of carbonyl (C=O) groups excluding carboxylic acids is 1. The lowest BCUT2D eigenvalue weighted by Crippen LogP contribution is -2.27. The van der Waals surface area contributed by atoms with Crippen LogP contribution in [0.5, 0.6) is 5.75 Å². The Kier molecular flexibility index (Phi) is 8.79. The van der Waals surface area contributed by atoms with Crippen molar-refractivity contribution in [1.82, 2.24) is 4.98 Å². The minimum Gasteiger partial charge on any atom is -0.491 e. The van der Waals surface area contributed by atoms with Gasteiger partial charge in [-0.25, -0.2) is 0 Å². The van der Waals surface area contributed by atoms with Crippen LogP contribution in [-0.4, -0.2) is 35.6 Å². The van der Waals surface area contributed by atoms with Gasteiger partial charge in [-0.1, -0.05) is 41.8 Å². The summed E-state index contributed by atoms with van der Waals surface area (Å²) >= 11 is 6.61. The number of pyridine rings is 1. The van der Waals surface area contributed by atoms with Crippen LogP contribution in [0.3, 0.4) is 0 Å². The molecule has 0 saturated carbocycles. The predicted octanol–water partition coefficient (Wildman–Crippen LogP) is 6.31. The summed E-state index contributed by atoms with van der Waals surface area (Å²) in [7, 11) is 1.53. The molecular weight excluding hydrogens is 509 g/mol. The largest absolute Gasteiger partial charge is 0.491 e. The zero-order valence-corrected chi connectivity index (χ0v) is 20.7. The molecule has 1 heterocycles. The van der Waals surface area contributed by atoms with E-state index in [-0.39, 0.29) is 34.7 Å². The molecule has 192 valence electrons. The number of aliphatic carboxylic acids is 1. The van der Waals surface area contributed by atoms with E-state index in [1.165, 1.54) is 24.9 Å². The van der Waals surface area contributed by atoms with Gasteiger partial charge in [0, 0.05) is 36.4 Å². The van der Waals surface area contributed by atoms with E-state index in [1.54, 1.807) is 36.4 Å². The normalized spacial score (nSPS) is 10.9. The lowest BCUT2D eigenvalue weighted by molar-refractivity contribution is -0.141. The second-order valence-corrected chi connectivity index (χ2v) is 8.21. The fraction of sp³-hybridized carbons (Fsp3) is 0.222. The number of carbonyl (C=O) groups is 2. The number of aromatic nitrogens is 1. The molecule has 3 aromatic rings. The van der Waals surface area contributed by atoms with E-state index < -0.39 is 23.7 Å². The lowest BCUT2D eigenvalue weighted by atomic mass is 9.98. The second kappa shape index (κ2) is 11.8. The number of nitrogens with zero attached hydrogens (tertiary/aromatic N) is 2. The lowest BCUT2D eigenvalue weighted by Gasteiger charge is -2.22. The highest BCUT2D eigenvalue weighted by Gasteiger charge is 2.33. The molecule has 0 aliphatic carbocycles. The van der Waals surface area contributed by atoms with Crippen molar-refractivity contribution in [3.63, 3.8) is 0 Å². The van der Waals surface area contributed by atoms with Gasteiger partial charge in [0.2, 0.25) is 0 Å². The van der Waals surface area contributed by atoms with E-state index in [2.05, 4.69) is 16.8 Å². The van der Waals surface area contributed by atoms with E-state index >= 15 is 0 Å². The maximum atomic E-state index is 13.4. The summed E-state index contributed by atoms with van der Waals surface area (Å²) in [4.78, 5) is 29.0. The molecule has 10 heteroatoms. The second-order valence-electron chi connectivity index (χ2n) is 7.83. The third-order valence-electron chi connectivity index (χ3n) is 5.30. The zero-order valence-electron chi connectivity index (χ0n) is 19.9. The van der Waals surface area contributed by atoms with Crippen LogP contribution in [0.15, 0.2) is 54.7 Å². The first-order valence-electron chi connectivity index (χ1n) is 11.0. The molecule has 1 amide bonds. The number of carboxylic acid groups (broad SMARTS) is 1. The summed E-state index contributed by atoms with van der Waals surface area (Å²) < 4.78 is 45.2. The monoisotopic (exact) mass is 530 g/mol. The van der Waals surface area contributed by atoms with Crippen molar-refractivity contribution in [3.8, 4) is 28.7 Å². The Balaban J connectivity index is 1.96. The Morgan fingerprint density at radius 2 is 1.86 bits per heavy atom. The number of hydrogen-bond donors (Lipinski definition) is 1. The number of halogens is 4. The molecule has 0 saturated heterocycles. The number of anilines is 1. The summed E-state index contributed by atoms with van der Waals surface area (Å²) in [6, 6.07) is 12.2. The number of amides is 1. The Hall–Kier alpha value is -4.03. The molecule has 0 atom stereocenters. The summed E-state index contributed by atoms with van der Waals surface area (Å²) in [5.74, 6) is 4.20. The van der Waals surface area contributed by atoms with Crippen LogP contribution in [0.2, 0.25) is 5.02 Å². The third-order valence-corrected chi connectivity index (χ3v) is 5.70. The van der Waals surface area contributed by atoms with Crippen molar-refractivity contribution in [2.24, 2.45) is 0 Å². The maximum Gasteiger partial charge on any atom is 0.433 e. The molecule has 0 aliphatic rings. The van der Waals surface area contributed by atoms with Crippen molar-refractivity contribution in [2.75, 3.05) is 18.6 Å². The first-order chi connectivity index (χ1) is 17.5. The highest BCUT2D eigenvalue weighted by atomic mass is 35.5. The molecule has 0 bridgehead atoms. The van der Waals surface area contributed by atoms with Crippen LogP contribution < -0.4 is 9.64 Å². The molecule has 0 aliphatic heterocycles. The van der Waals surface area contributed by atoms with Gasteiger partial charge in [0.1, 0.15) is 11.4 Å². The van der Waals surface area contributed by atoms with Gasteiger partial charge in [0.25, 0.3) is 5.91 Å². The fourth-order valence-corrected chi connectivity index (χ4v) is 3.83. The summed E-state index contributed by atoms with van der Waals surface area (Å²) in [5, 5.41) is 8.82. The Morgan fingerprint density at radius 3 is 2.54 bits per heavy atom. The molecule has 1 aromatic heterocycles. The van der Waals surface area contributed by atoms with Crippen molar-refractivity contribution in [3.05, 3.63) is 76.6 Å². The Labute approximate surface area is 216 Å². The van der Waals surface area contributed by atoms with Crippen LogP contribution in [0.4, 0.5) is 18.9 Å². The van der Waals surface area contributed by atoms with Gasteiger partial charge in [-0.15, -0.1) is 5.92 Å². The topological polar surface area (TPSA) is 79.7 Å². The van der Waals surface area contributed by atoms with Crippen LogP contribution in [-0.2, 0) is 11.0 Å².